The quantitative estimate of drug-likeness (QED) is 0.209. The molecule has 3 aromatic heterocycles. The van der Waals surface area contributed by atoms with Crippen molar-refractivity contribution in [3.05, 3.63) is 101 Å². The van der Waals surface area contributed by atoms with Crippen LogP contribution in [0.3, 0.4) is 0 Å². The first-order valence-electron chi connectivity index (χ1n) is 14.4. The molecular formula is C33H32Cl2FN7O3. The first-order chi connectivity index (χ1) is 21.4. The predicted octanol–water partition coefficient (Wildman–Crippen LogP) is 5.55. The molecule has 4 heterocycles. The second-order valence-electron chi connectivity index (χ2n) is 11.0. The fraction of sp³-hybridized carbons (Fsp3) is 0.212. The Morgan fingerprint density at radius 3 is 2.43 bits per heavy atom. The molecule has 0 saturated carbocycles. The van der Waals surface area contributed by atoms with Gasteiger partial charge >= 0.3 is 5.63 Å². The Labute approximate surface area is 275 Å². The lowest BCUT2D eigenvalue weighted by molar-refractivity contribution is 0.233. The van der Waals surface area contributed by atoms with Crippen LogP contribution in [0.5, 0.6) is 5.75 Å². The number of anilines is 1. The third kappa shape index (κ3) is 6.02. The standard InChI is InChI=1S/C33H30FN7O3.2ClH/c1-19(41-32-28(31(35)37-18-38-32)29(39-41)22-14-23(34)16-24(42)15-22)30-27(25-4-2-3-5-26(25)33(43)44-30)21-8-6-20(7-9-21)17-40-12-10-36-11-13-40;;/h2-9,14-16,18-19,36,42H,10-13,17H2,1H3,(H2,35,37,38);2*1H. The van der Waals surface area contributed by atoms with Gasteiger partial charge in [0.15, 0.2) is 5.65 Å². The molecule has 10 nitrogen and oxygen atoms in total. The molecule has 1 unspecified atom stereocenters. The van der Waals surface area contributed by atoms with Crippen LogP contribution < -0.4 is 16.7 Å². The summed E-state index contributed by atoms with van der Waals surface area (Å²) in [7, 11) is 0. The van der Waals surface area contributed by atoms with Crippen LogP contribution in [-0.4, -0.2) is 55.9 Å². The van der Waals surface area contributed by atoms with Crippen LogP contribution in [0, 0.1) is 5.82 Å². The van der Waals surface area contributed by atoms with E-state index in [0.29, 0.717) is 33.4 Å². The van der Waals surface area contributed by atoms with Crippen LogP contribution in [0.25, 0.3) is 44.2 Å². The van der Waals surface area contributed by atoms with Gasteiger partial charge < -0.3 is 20.6 Å². The molecule has 7 rings (SSSR count). The average molecular weight is 665 g/mol. The van der Waals surface area contributed by atoms with Crippen molar-refractivity contribution in [2.24, 2.45) is 0 Å². The number of nitrogen functional groups attached to an aromatic ring is 1. The van der Waals surface area contributed by atoms with Gasteiger partial charge in [0, 0.05) is 55.3 Å². The smallest absolute Gasteiger partial charge is 0.343 e. The van der Waals surface area contributed by atoms with Crippen LogP contribution >= 0.6 is 24.8 Å². The van der Waals surface area contributed by atoms with E-state index in [1.165, 1.54) is 24.0 Å². The fourth-order valence-corrected chi connectivity index (χ4v) is 6.00. The van der Waals surface area contributed by atoms with Crippen LogP contribution in [0.2, 0.25) is 0 Å². The van der Waals surface area contributed by atoms with Gasteiger partial charge in [0.25, 0.3) is 0 Å². The second-order valence-corrected chi connectivity index (χ2v) is 11.0. The minimum atomic E-state index is -0.643. The maximum absolute atomic E-state index is 14.3. The molecule has 1 saturated heterocycles. The van der Waals surface area contributed by atoms with Gasteiger partial charge in [-0.2, -0.15) is 5.10 Å². The van der Waals surface area contributed by atoms with Crippen molar-refractivity contribution >= 4 is 52.4 Å². The Morgan fingerprint density at radius 2 is 1.72 bits per heavy atom. The molecule has 3 aromatic carbocycles. The third-order valence-electron chi connectivity index (χ3n) is 8.14. The topological polar surface area (TPSA) is 135 Å². The van der Waals surface area contributed by atoms with Gasteiger partial charge in [-0.05, 0) is 36.2 Å². The molecule has 4 N–H and O–H groups in total. The van der Waals surface area contributed by atoms with Gasteiger partial charge in [-0.15, -0.1) is 24.8 Å². The summed E-state index contributed by atoms with van der Waals surface area (Å²) in [6.07, 6.45) is 1.32. The molecule has 238 valence electrons. The predicted molar refractivity (Wildman–Crippen MR) is 181 cm³/mol. The van der Waals surface area contributed by atoms with E-state index >= 15 is 0 Å². The summed E-state index contributed by atoms with van der Waals surface area (Å²) in [5.41, 5.74) is 9.62. The number of hydrogen-bond donors (Lipinski definition) is 3. The molecule has 1 atom stereocenters. The highest BCUT2D eigenvalue weighted by atomic mass is 35.5. The van der Waals surface area contributed by atoms with Crippen molar-refractivity contribution in [3.8, 4) is 28.1 Å². The van der Waals surface area contributed by atoms with E-state index in [0.717, 1.165) is 55.3 Å². The largest absolute Gasteiger partial charge is 0.508 e. The maximum Gasteiger partial charge on any atom is 0.343 e. The zero-order valence-electron chi connectivity index (χ0n) is 24.8. The van der Waals surface area contributed by atoms with E-state index in [9.17, 15) is 14.3 Å². The number of halogens is 3. The summed E-state index contributed by atoms with van der Waals surface area (Å²) in [6, 6.07) is 18.7. The average Bonchev–Trinajstić information content (AvgIpc) is 3.42. The summed E-state index contributed by atoms with van der Waals surface area (Å²) in [5.74, 6) is -0.352. The molecule has 0 bridgehead atoms. The number of nitrogens with two attached hydrogens (primary N) is 1. The van der Waals surface area contributed by atoms with Crippen LogP contribution in [0.1, 0.15) is 24.3 Å². The van der Waals surface area contributed by atoms with Gasteiger partial charge in [-0.3, -0.25) is 4.90 Å². The summed E-state index contributed by atoms with van der Waals surface area (Å²) in [5, 5.41) is 19.9. The first-order valence-corrected chi connectivity index (χ1v) is 14.4. The Balaban J connectivity index is 0.00000208. The number of rotatable bonds is 6. The van der Waals surface area contributed by atoms with Gasteiger partial charge in [0.05, 0.1) is 10.8 Å². The van der Waals surface area contributed by atoms with Crippen molar-refractivity contribution in [1.29, 1.82) is 0 Å². The van der Waals surface area contributed by atoms with E-state index in [2.05, 4.69) is 44.5 Å². The Hall–Kier alpha value is -4.55. The lowest BCUT2D eigenvalue weighted by atomic mass is 9.95. The number of nitrogens with one attached hydrogen (secondary N) is 1. The minimum Gasteiger partial charge on any atom is -0.508 e. The van der Waals surface area contributed by atoms with E-state index < -0.39 is 17.5 Å². The molecule has 13 heteroatoms. The number of piperazine rings is 1. The number of aromatic hydroxyl groups is 1. The zero-order chi connectivity index (χ0) is 30.4. The summed E-state index contributed by atoms with van der Waals surface area (Å²) >= 11 is 0. The highest BCUT2D eigenvalue weighted by Crippen LogP contribution is 2.39. The monoisotopic (exact) mass is 663 g/mol. The highest BCUT2D eigenvalue weighted by Gasteiger charge is 2.27. The third-order valence-corrected chi connectivity index (χ3v) is 8.14. The van der Waals surface area contributed by atoms with Gasteiger partial charge in [0.2, 0.25) is 0 Å². The maximum atomic E-state index is 14.3. The first kappa shape index (κ1) is 32.8. The summed E-state index contributed by atoms with van der Waals surface area (Å²) in [4.78, 5) is 24.3. The van der Waals surface area contributed by atoms with Crippen LogP contribution in [-0.2, 0) is 6.54 Å². The number of hydrogen-bond acceptors (Lipinski definition) is 9. The molecule has 46 heavy (non-hydrogen) atoms. The molecule has 0 amide bonds. The number of benzene rings is 3. The SMILES string of the molecule is CC(c1oc(=O)c2ccccc2c1-c1ccc(CN2CCNCC2)cc1)n1nc(-c2cc(O)cc(F)c2)c2c(N)ncnc21.Cl.Cl. The molecule has 1 aliphatic heterocycles. The van der Waals surface area contributed by atoms with Gasteiger partial charge in [-0.1, -0.05) is 42.5 Å². The van der Waals surface area contributed by atoms with Crippen molar-refractivity contribution < 1.29 is 13.9 Å². The fourth-order valence-electron chi connectivity index (χ4n) is 6.00. The molecule has 0 spiro atoms. The van der Waals surface area contributed by atoms with Gasteiger partial charge in [-0.25, -0.2) is 23.8 Å². The Bertz CT molecular complexity index is 2060. The molecule has 1 fully saturated rings. The lowest BCUT2D eigenvalue weighted by Crippen LogP contribution is -2.42. The molecule has 1 aliphatic rings. The number of phenols is 1. The number of phenolic OH excluding ortho intramolecular Hbond substituents is 1. The molecular weight excluding hydrogens is 632 g/mol. The number of aromatic nitrogens is 4. The van der Waals surface area contributed by atoms with Crippen LogP contribution in [0.4, 0.5) is 10.2 Å². The summed E-state index contributed by atoms with van der Waals surface area (Å²) < 4.78 is 22.0. The van der Waals surface area contributed by atoms with E-state index in [1.54, 1.807) is 10.7 Å². The number of nitrogens with zero attached hydrogens (tertiary/aromatic N) is 5. The van der Waals surface area contributed by atoms with Crippen molar-refractivity contribution in [2.45, 2.75) is 19.5 Å². The zero-order valence-corrected chi connectivity index (χ0v) is 26.4. The molecule has 6 aromatic rings. The Kier molecular flexibility index (Phi) is 9.59. The van der Waals surface area contributed by atoms with E-state index in [-0.39, 0.29) is 36.4 Å². The number of fused-ring (bicyclic) bond motifs is 2. The van der Waals surface area contributed by atoms with Crippen LogP contribution in [0.15, 0.2) is 82.3 Å². The highest BCUT2D eigenvalue weighted by molar-refractivity contribution is 5.99. The van der Waals surface area contributed by atoms with E-state index in [4.69, 9.17) is 15.2 Å². The van der Waals surface area contributed by atoms with Crippen molar-refractivity contribution in [1.82, 2.24) is 30.0 Å². The van der Waals surface area contributed by atoms with Crippen molar-refractivity contribution in [2.75, 3.05) is 31.9 Å². The second kappa shape index (κ2) is 13.4. The van der Waals surface area contributed by atoms with Gasteiger partial charge in [0.1, 0.15) is 41.2 Å². The Morgan fingerprint density at radius 1 is 1.00 bits per heavy atom. The normalized spacial score (nSPS) is 14.1. The van der Waals surface area contributed by atoms with Crippen molar-refractivity contribution in [3.63, 3.8) is 0 Å². The van der Waals surface area contributed by atoms with E-state index in [1.807, 2.05) is 25.1 Å². The lowest BCUT2D eigenvalue weighted by Gasteiger charge is -2.27. The molecule has 0 aliphatic carbocycles. The minimum absolute atomic E-state index is 0. The molecule has 0 radical (unpaired) electrons. The summed E-state index contributed by atoms with van der Waals surface area (Å²) in [6.45, 7) is 6.67.